The summed E-state index contributed by atoms with van der Waals surface area (Å²) in [5, 5.41) is 9.26. The molecule has 0 aromatic heterocycles. The summed E-state index contributed by atoms with van der Waals surface area (Å²) < 4.78 is 0. The van der Waals surface area contributed by atoms with E-state index in [9.17, 15) is 10.1 Å². The lowest BCUT2D eigenvalue weighted by molar-refractivity contribution is -0.137. The smallest absolute Gasteiger partial charge is 0.240 e. The molecule has 1 saturated heterocycles. The Morgan fingerprint density at radius 2 is 1.76 bits per heavy atom. The molecule has 0 aromatic carbocycles. The van der Waals surface area contributed by atoms with Gasteiger partial charge in [-0.2, -0.15) is 5.26 Å². The zero-order valence-electron chi connectivity index (χ0n) is 11.5. The van der Waals surface area contributed by atoms with Crippen LogP contribution < -0.4 is 0 Å². The van der Waals surface area contributed by atoms with Crippen LogP contribution in [0.25, 0.3) is 0 Å². The van der Waals surface area contributed by atoms with E-state index in [1.807, 2.05) is 11.8 Å². The van der Waals surface area contributed by atoms with E-state index in [-0.39, 0.29) is 17.2 Å². The molecule has 0 aliphatic carbocycles. The van der Waals surface area contributed by atoms with Crippen molar-refractivity contribution < 1.29 is 4.79 Å². The van der Waals surface area contributed by atoms with Crippen LogP contribution in [0.4, 0.5) is 0 Å². The Bertz CT molecular complexity index is 305. The number of likely N-dealkylation sites (tertiary alicyclic amines) is 1. The lowest BCUT2D eigenvalue weighted by Gasteiger charge is -2.34. The second-order valence-corrected chi connectivity index (χ2v) is 6.15. The molecule has 0 radical (unpaired) electrons. The highest BCUT2D eigenvalue weighted by atomic mass is 16.2. The van der Waals surface area contributed by atoms with Crippen LogP contribution in [0, 0.1) is 28.6 Å². The Morgan fingerprint density at radius 3 is 2.18 bits per heavy atom. The minimum Gasteiger partial charge on any atom is -0.342 e. The van der Waals surface area contributed by atoms with Gasteiger partial charge >= 0.3 is 0 Å². The van der Waals surface area contributed by atoms with Crippen molar-refractivity contribution in [2.75, 3.05) is 13.1 Å². The number of nitriles is 1. The summed E-state index contributed by atoms with van der Waals surface area (Å²) in [5.41, 5.74) is -0.00809. The first-order valence-corrected chi connectivity index (χ1v) is 6.56. The van der Waals surface area contributed by atoms with Crippen molar-refractivity contribution in [1.29, 1.82) is 5.26 Å². The molecule has 0 bridgehead atoms. The van der Waals surface area contributed by atoms with Gasteiger partial charge in [0.05, 0.1) is 6.07 Å². The number of nitrogens with zero attached hydrogens (tertiary/aromatic N) is 2. The largest absolute Gasteiger partial charge is 0.342 e. The van der Waals surface area contributed by atoms with Gasteiger partial charge in [0, 0.05) is 13.1 Å². The van der Waals surface area contributed by atoms with E-state index in [2.05, 4.69) is 26.8 Å². The van der Waals surface area contributed by atoms with E-state index in [1.54, 1.807) is 0 Å². The molecule has 0 saturated carbocycles. The molecule has 1 amide bonds. The van der Waals surface area contributed by atoms with Crippen molar-refractivity contribution >= 4 is 5.91 Å². The molecule has 1 fully saturated rings. The highest BCUT2D eigenvalue weighted by molar-refractivity contribution is 5.81. The Morgan fingerprint density at radius 1 is 1.24 bits per heavy atom. The van der Waals surface area contributed by atoms with Gasteiger partial charge < -0.3 is 4.90 Å². The number of hydrogen-bond acceptors (Lipinski definition) is 2. The Balaban J connectivity index is 2.73. The second-order valence-electron chi connectivity index (χ2n) is 6.15. The van der Waals surface area contributed by atoms with Crippen molar-refractivity contribution in [3.63, 3.8) is 0 Å². The molecule has 3 nitrogen and oxygen atoms in total. The number of piperidine rings is 1. The monoisotopic (exact) mass is 236 g/mol. The number of carbonyl (C=O) groups is 1. The van der Waals surface area contributed by atoms with Gasteiger partial charge in [-0.3, -0.25) is 4.79 Å². The molecule has 2 atom stereocenters. The van der Waals surface area contributed by atoms with Crippen LogP contribution in [0.2, 0.25) is 0 Å². The zero-order valence-corrected chi connectivity index (χ0v) is 11.5. The normalized spacial score (nSPS) is 20.5. The predicted octanol–water partition coefficient (Wildman–Crippen LogP) is 2.82. The molecule has 1 rings (SSSR count). The van der Waals surface area contributed by atoms with E-state index in [4.69, 9.17) is 0 Å². The third-order valence-electron chi connectivity index (χ3n) is 3.94. The van der Waals surface area contributed by atoms with Crippen molar-refractivity contribution in [2.24, 2.45) is 17.3 Å². The van der Waals surface area contributed by atoms with E-state index < -0.39 is 5.92 Å². The molecule has 0 aromatic rings. The van der Waals surface area contributed by atoms with Gasteiger partial charge in [-0.1, -0.05) is 27.7 Å². The molecule has 0 spiro atoms. The zero-order chi connectivity index (χ0) is 13.1. The number of hydrogen-bond donors (Lipinski definition) is 0. The molecule has 96 valence electrons. The van der Waals surface area contributed by atoms with E-state index >= 15 is 0 Å². The molecule has 0 N–H and O–H groups in total. The SMILES string of the molecule is CC(C(C#N)C(=O)N1CCCCC1)C(C)(C)C. The van der Waals surface area contributed by atoms with Crippen molar-refractivity contribution in [2.45, 2.75) is 47.0 Å². The summed E-state index contributed by atoms with van der Waals surface area (Å²) in [4.78, 5) is 14.2. The number of rotatable bonds is 2. The lowest BCUT2D eigenvalue weighted by Crippen LogP contribution is -2.43. The molecule has 2 unspecified atom stereocenters. The van der Waals surface area contributed by atoms with Crippen LogP contribution in [0.15, 0.2) is 0 Å². The fourth-order valence-electron chi connectivity index (χ4n) is 2.19. The van der Waals surface area contributed by atoms with Crippen molar-refractivity contribution in [3.8, 4) is 6.07 Å². The van der Waals surface area contributed by atoms with Crippen LogP contribution in [0.1, 0.15) is 47.0 Å². The standard InChI is InChI=1S/C14H24N2O/c1-11(14(2,3)4)12(10-15)13(17)16-8-6-5-7-9-16/h11-12H,5-9H2,1-4H3. The highest BCUT2D eigenvalue weighted by Gasteiger charge is 2.35. The summed E-state index contributed by atoms with van der Waals surface area (Å²) in [5.74, 6) is -0.371. The van der Waals surface area contributed by atoms with Gasteiger partial charge in [0.2, 0.25) is 5.91 Å². The Labute approximate surface area is 105 Å². The van der Waals surface area contributed by atoms with Crippen molar-refractivity contribution in [1.82, 2.24) is 4.90 Å². The summed E-state index contributed by atoms with van der Waals surface area (Å²) in [6.07, 6.45) is 3.36. The summed E-state index contributed by atoms with van der Waals surface area (Å²) in [7, 11) is 0. The maximum absolute atomic E-state index is 12.3. The molecular formula is C14H24N2O. The van der Waals surface area contributed by atoms with E-state index in [0.29, 0.717) is 0 Å². The molecule has 17 heavy (non-hydrogen) atoms. The average molecular weight is 236 g/mol. The molecular weight excluding hydrogens is 212 g/mol. The first-order chi connectivity index (χ1) is 7.88. The van der Waals surface area contributed by atoms with Crippen LogP contribution in [0.3, 0.4) is 0 Å². The summed E-state index contributed by atoms with van der Waals surface area (Å²) in [6, 6.07) is 2.21. The molecule has 3 heteroatoms. The van der Waals surface area contributed by atoms with Crippen molar-refractivity contribution in [3.05, 3.63) is 0 Å². The van der Waals surface area contributed by atoms with Crippen LogP contribution in [0.5, 0.6) is 0 Å². The van der Waals surface area contributed by atoms with Gasteiger partial charge in [-0.15, -0.1) is 0 Å². The molecule has 1 aliphatic rings. The summed E-state index contributed by atoms with van der Waals surface area (Å²) in [6.45, 7) is 9.93. The summed E-state index contributed by atoms with van der Waals surface area (Å²) >= 11 is 0. The maximum atomic E-state index is 12.3. The van der Waals surface area contributed by atoms with Gasteiger partial charge in [-0.25, -0.2) is 0 Å². The predicted molar refractivity (Wildman–Crippen MR) is 68.2 cm³/mol. The second kappa shape index (κ2) is 5.53. The Kier molecular flexibility index (Phi) is 4.56. The lowest BCUT2D eigenvalue weighted by atomic mass is 9.74. The third-order valence-corrected chi connectivity index (χ3v) is 3.94. The topological polar surface area (TPSA) is 44.1 Å². The minimum absolute atomic E-state index is 0.00809. The fraction of sp³-hybridized carbons (Fsp3) is 0.857. The Hall–Kier alpha value is -1.04. The maximum Gasteiger partial charge on any atom is 0.240 e. The molecule has 1 aliphatic heterocycles. The first kappa shape index (κ1) is 14.0. The average Bonchev–Trinajstić information content (AvgIpc) is 2.29. The van der Waals surface area contributed by atoms with Crippen LogP contribution >= 0.6 is 0 Å². The number of amides is 1. The van der Waals surface area contributed by atoms with Gasteiger partial charge in [0.15, 0.2) is 0 Å². The van der Waals surface area contributed by atoms with E-state index in [1.165, 1.54) is 6.42 Å². The highest BCUT2D eigenvalue weighted by Crippen LogP contribution is 2.32. The van der Waals surface area contributed by atoms with Gasteiger partial charge in [-0.05, 0) is 30.6 Å². The quantitative estimate of drug-likeness (QED) is 0.740. The number of carbonyl (C=O) groups excluding carboxylic acids is 1. The third kappa shape index (κ3) is 3.46. The van der Waals surface area contributed by atoms with Gasteiger partial charge in [0.1, 0.15) is 5.92 Å². The van der Waals surface area contributed by atoms with E-state index in [0.717, 1.165) is 25.9 Å². The van der Waals surface area contributed by atoms with Crippen LogP contribution in [-0.2, 0) is 4.79 Å². The first-order valence-electron chi connectivity index (χ1n) is 6.56. The van der Waals surface area contributed by atoms with Crippen LogP contribution in [-0.4, -0.2) is 23.9 Å². The fourth-order valence-corrected chi connectivity index (χ4v) is 2.19. The van der Waals surface area contributed by atoms with Gasteiger partial charge in [0.25, 0.3) is 0 Å². The minimum atomic E-state index is -0.493. The molecule has 1 heterocycles.